The molecule has 0 heterocycles. The Labute approximate surface area is 415 Å². The summed E-state index contributed by atoms with van der Waals surface area (Å²) in [6, 6.07) is 23.3. The van der Waals surface area contributed by atoms with E-state index in [1.807, 2.05) is 0 Å². The van der Waals surface area contributed by atoms with E-state index in [2.05, 4.69) is 91.0 Å². The van der Waals surface area contributed by atoms with Gasteiger partial charge in [-0.3, -0.25) is 0 Å². The highest BCUT2D eigenvalue weighted by molar-refractivity contribution is 7.20. The van der Waals surface area contributed by atoms with Gasteiger partial charge in [0, 0.05) is 0 Å². The molecule has 0 unspecified atom stereocenters. The van der Waals surface area contributed by atoms with E-state index in [1.165, 1.54) is 22.6 Å². The van der Waals surface area contributed by atoms with Crippen LogP contribution in [0.3, 0.4) is 0 Å². The van der Waals surface area contributed by atoms with Crippen LogP contribution in [0.5, 0.6) is 0 Å². The molecule has 7 aromatic rings. The van der Waals surface area contributed by atoms with Gasteiger partial charge in [-0.15, -0.1) is 0 Å². The molecule has 0 aliphatic heterocycles. The number of benzene rings is 7. The molecule has 0 nitrogen and oxygen atoms in total. The van der Waals surface area contributed by atoms with Crippen LogP contribution in [0.25, 0.3) is 0 Å². The SMILES string of the molecule is FC(F)(F)c1cc(C(F)(F)F)c[c]([Al-]([c]2cc(C(F)(F)F)cc(C(F)(F)F)c2)([c]2cc(C(F)(F)F)cc(C(F)(F)F)c2)[c]2cc(C(F)(F)F)cc(C(F)(F)F)c2)c1.c1ccc([C+](c2ccccc2)c2ccccc2)cc1. The maximum Gasteiger partial charge on any atom is 0.416 e. The van der Waals surface area contributed by atoms with E-state index < -0.39 is 197 Å². The Kier molecular flexibility index (Phi) is 15.9. The molecule has 0 aromatic heterocycles. The minimum atomic E-state index is -7.69. The first-order valence-electron chi connectivity index (χ1n) is 21.1. The fraction of sp³-hybridized carbons (Fsp3) is 0.157. The quantitative estimate of drug-likeness (QED) is 0.0646. The predicted octanol–water partition coefficient (Wildman–Crippen LogP) is 15.9. The highest BCUT2D eigenvalue weighted by Crippen LogP contribution is 2.42. The van der Waals surface area contributed by atoms with Crippen molar-refractivity contribution in [1.82, 2.24) is 0 Å². The highest BCUT2D eigenvalue weighted by atomic mass is 27.2. The second-order valence-corrected chi connectivity index (χ2v) is 21.1. The molecule has 0 aliphatic rings. The Balaban J connectivity index is 0.000000408. The Hall–Kier alpha value is -6.74. The number of halogens is 24. The van der Waals surface area contributed by atoms with Crippen LogP contribution in [0.1, 0.15) is 61.2 Å². The molecule has 0 fully saturated rings. The van der Waals surface area contributed by atoms with Crippen molar-refractivity contribution in [2.24, 2.45) is 0 Å². The van der Waals surface area contributed by atoms with Crippen molar-refractivity contribution < 1.29 is 105 Å². The number of rotatable bonds is 7. The van der Waals surface area contributed by atoms with E-state index >= 15 is 0 Å². The zero-order valence-corrected chi connectivity index (χ0v) is 38.4. The predicted molar refractivity (Wildman–Crippen MR) is 230 cm³/mol. The van der Waals surface area contributed by atoms with E-state index in [1.54, 1.807) is 0 Å². The van der Waals surface area contributed by atoms with Crippen LogP contribution < -0.4 is 17.7 Å². The third-order valence-electron chi connectivity index (χ3n) is 11.6. The fourth-order valence-electron chi connectivity index (χ4n) is 8.39. The van der Waals surface area contributed by atoms with E-state index in [9.17, 15) is 105 Å². The van der Waals surface area contributed by atoms with Gasteiger partial charge < -0.3 is 0 Å². The lowest BCUT2D eigenvalue weighted by Crippen LogP contribution is -2.75. The second-order valence-electron chi connectivity index (χ2n) is 16.7. The maximum atomic E-state index is 14.2. The third-order valence-corrected chi connectivity index (χ3v) is 17.0. The van der Waals surface area contributed by atoms with Crippen LogP contribution >= 0.6 is 0 Å². The average molecular weight is 1120 g/mol. The van der Waals surface area contributed by atoms with Crippen LogP contribution in [0.4, 0.5) is 105 Å². The standard InChI is InChI=1S/C19H15.4C8H3F6.Al/c1-4-10-16(11-5-1)19(17-12-6-2-7-13-17)18-14-8-3-9-15-18;4*9-7(10,11)5-2-1-3-6(4-5)8(12,13)14;/h1-15H;4*2-4H;/q+1;;;;;-1. The summed E-state index contributed by atoms with van der Waals surface area (Å²) in [5, 5.41) is 0. The van der Waals surface area contributed by atoms with Crippen molar-refractivity contribution in [2.75, 3.05) is 0 Å². The molecule has 0 atom stereocenters. The van der Waals surface area contributed by atoms with E-state index in [-0.39, 0.29) is 0 Å². The van der Waals surface area contributed by atoms with Gasteiger partial charge in [-0.25, -0.2) is 17.7 Å². The summed E-state index contributed by atoms with van der Waals surface area (Å²) >= 11 is -7.69. The smallest absolute Gasteiger partial charge is 0.217 e. The Morgan fingerprint density at radius 3 is 0.487 bits per heavy atom. The van der Waals surface area contributed by atoms with Gasteiger partial charge in [-0.2, -0.15) is 105 Å². The fourth-order valence-corrected chi connectivity index (χ4v) is 14.1. The van der Waals surface area contributed by atoms with Gasteiger partial charge in [0.25, 0.3) is 13.1 Å². The van der Waals surface area contributed by atoms with Gasteiger partial charge in [0.15, 0.2) is 0 Å². The van der Waals surface area contributed by atoms with E-state index in [0.29, 0.717) is 0 Å². The topological polar surface area (TPSA) is 0 Å². The first kappa shape index (κ1) is 58.5. The normalized spacial score (nSPS) is 13.3. The van der Waals surface area contributed by atoms with Crippen LogP contribution in [-0.4, -0.2) is 13.1 Å². The van der Waals surface area contributed by atoms with Crippen LogP contribution in [0.2, 0.25) is 0 Å². The molecule has 402 valence electrons. The summed E-state index contributed by atoms with van der Waals surface area (Å²) < 4.78 is 333. The van der Waals surface area contributed by atoms with Crippen LogP contribution in [0, 0.1) is 5.92 Å². The van der Waals surface area contributed by atoms with Crippen molar-refractivity contribution in [3.05, 3.63) is 231 Å². The summed E-state index contributed by atoms with van der Waals surface area (Å²) in [5.41, 5.74) is -17.3. The number of alkyl halides is 24. The minimum Gasteiger partial charge on any atom is -0.217 e. The van der Waals surface area contributed by atoms with Gasteiger partial charge in [0.2, 0.25) is 0 Å². The summed E-state index contributed by atoms with van der Waals surface area (Å²) in [5.74, 6) is 1.28. The molecule has 76 heavy (non-hydrogen) atoms. The van der Waals surface area contributed by atoms with Gasteiger partial charge in [0.05, 0.1) is 67.1 Å². The molecule has 0 bridgehead atoms. The molecule has 0 aliphatic carbocycles. The van der Waals surface area contributed by atoms with E-state index in [4.69, 9.17) is 0 Å². The Bertz CT molecular complexity index is 2590. The Morgan fingerprint density at radius 1 is 0.211 bits per heavy atom. The lowest BCUT2D eigenvalue weighted by atomic mass is 9.85. The molecular formula is C51H27AlF24. The van der Waals surface area contributed by atoms with E-state index in [0.717, 1.165) is 0 Å². The summed E-state index contributed by atoms with van der Waals surface area (Å²) in [6.07, 6.45) is -48.9. The van der Waals surface area contributed by atoms with Crippen molar-refractivity contribution >= 4 is 30.8 Å². The summed E-state index contributed by atoms with van der Waals surface area (Å²) in [4.78, 5) is 0. The number of hydrogen-bond acceptors (Lipinski definition) is 0. The van der Waals surface area contributed by atoms with Gasteiger partial charge in [-0.05, 0) is 97.1 Å². The van der Waals surface area contributed by atoms with Gasteiger partial charge in [0.1, 0.15) is 0 Å². The highest BCUT2D eigenvalue weighted by Gasteiger charge is 2.49. The first-order chi connectivity index (χ1) is 34.7. The molecule has 7 rings (SSSR count). The van der Waals surface area contributed by atoms with Crippen molar-refractivity contribution in [3.8, 4) is 0 Å². The molecule has 0 saturated carbocycles. The number of hydrogen-bond donors (Lipinski definition) is 0. The second kappa shape index (κ2) is 20.7. The molecule has 0 saturated heterocycles. The molecule has 25 heteroatoms. The van der Waals surface area contributed by atoms with Crippen molar-refractivity contribution in [3.63, 3.8) is 0 Å². The lowest BCUT2D eigenvalue weighted by Gasteiger charge is -2.43. The van der Waals surface area contributed by atoms with Crippen LogP contribution in [0.15, 0.2) is 164 Å². The maximum absolute atomic E-state index is 14.2. The van der Waals surface area contributed by atoms with Crippen LogP contribution in [-0.2, 0) is 49.4 Å². The minimum absolute atomic E-state index is 0.644. The molecule has 0 radical (unpaired) electrons. The summed E-state index contributed by atoms with van der Waals surface area (Å²) in [6.45, 7) is 0. The molecule has 0 N–H and O–H groups in total. The lowest BCUT2D eigenvalue weighted by molar-refractivity contribution is -0.144. The first-order valence-corrected chi connectivity index (χ1v) is 23.4. The molecular weight excluding hydrogens is 1100 g/mol. The monoisotopic (exact) mass is 1120 g/mol. The third kappa shape index (κ3) is 13.3. The average Bonchev–Trinajstić information content (AvgIpc) is 3.31. The van der Waals surface area contributed by atoms with Gasteiger partial charge >= 0.3 is 49.4 Å². The largest absolute Gasteiger partial charge is 0.416 e. The van der Waals surface area contributed by atoms with Crippen molar-refractivity contribution in [1.29, 1.82) is 0 Å². The zero-order valence-electron chi connectivity index (χ0n) is 37.2. The van der Waals surface area contributed by atoms with Crippen molar-refractivity contribution in [2.45, 2.75) is 49.4 Å². The molecule has 7 aromatic carbocycles. The zero-order chi connectivity index (χ0) is 56.8. The molecule has 0 spiro atoms. The Morgan fingerprint density at radius 2 is 0.355 bits per heavy atom. The summed E-state index contributed by atoms with van der Waals surface area (Å²) in [7, 11) is 0. The van der Waals surface area contributed by atoms with Gasteiger partial charge in [-0.1, -0.05) is 66.7 Å². The molecule has 0 amide bonds.